The Morgan fingerprint density at radius 1 is 0.867 bits per heavy atom. The molecule has 0 fully saturated rings. The van der Waals surface area contributed by atoms with E-state index in [4.69, 9.17) is 0 Å². The van der Waals surface area contributed by atoms with Crippen molar-refractivity contribution in [2.24, 2.45) is 20.0 Å². The molecule has 0 saturated carbocycles. The van der Waals surface area contributed by atoms with Gasteiger partial charge in [0.05, 0.1) is 28.5 Å². The number of aryl methyl sites for hydroxylation is 2. The molecule has 0 N–H and O–H groups in total. The second-order valence-electron chi connectivity index (χ2n) is 7.92. The number of carbonyl (C=O) groups excluding carboxylic acids is 2. The Kier molecular flexibility index (Phi) is 7.15. The molecule has 1 atom stereocenters. The van der Waals surface area contributed by atoms with Crippen LogP contribution in [-0.2, 0) is 20.7 Å². The summed E-state index contributed by atoms with van der Waals surface area (Å²) in [5, 5.41) is 0. The van der Waals surface area contributed by atoms with Crippen molar-refractivity contribution in [3.63, 3.8) is 0 Å². The Morgan fingerprint density at radius 3 is 2.20 bits per heavy atom. The highest BCUT2D eigenvalue weighted by atomic mass is 16.1. The molecule has 0 radical (unpaired) electrons. The fourth-order valence-electron chi connectivity index (χ4n) is 3.17. The number of hydrogen-bond acceptors (Lipinski definition) is 6. The van der Waals surface area contributed by atoms with E-state index in [1.807, 2.05) is 77.9 Å². The van der Waals surface area contributed by atoms with Gasteiger partial charge in [-0.25, -0.2) is 14.6 Å². The van der Waals surface area contributed by atoms with Crippen LogP contribution >= 0.6 is 0 Å². The van der Waals surface area contributed by atoms with E-state index in [1.165, 1.54) is 0 Å². The van der Waals surface area contributed by atoms with Gasteiger partial charge in [-0.15, -0.1) is 0 Å². The third kappa shape index (κ3) is 5.14. The number of rotatable bonds is 7. The van der Waals surface area contributed by atoms with E-state index in [2.05, 4.69) is 26.0 Å². The molecule has 6 nitrogen and oxygen atoms in total. The van der Waals surface area contributed by atoms with Crippen LogP contribution in [0.4, 0.5) is 11.4 Å². The van der Waals surface area contributed by atoms with Crippen molar-refractivity contribution in [3.8, 4) is 0 Å². The molecule has 1 unspecified atom stereocenters. The maximum absolute atomic E-state index is 10.8. The van der Waals surface area contributed by atoms with Crippen molar-refractivity contribution < 1.29 is 9.59 Å². The number of aliphatic imine (C=N–C) groups is 4. The van der Waals surface area contributed by atoms with E-state index >= 15 is 0 Å². The number of nitrogens with zero attached hydrogens (tertiary/aromatic N) is 4. The fourth-order valence-corrected chi connectivity index (χ4v) is 3.17. The second kappa shape index (κ2) is 9.39. The van der Waals surface area contributed by atoms with Crippen molar-refractivity contribution in [2.75, 3.05) is 0 Å². The predicted molar refractivity (Wildman–Crippen MR) is 118 cm³/mol. The topological polar surface area (TPSA) is 83.6 Å². The quantitative estimate of drug-likeness (QED) is 0.422. The van der Waals surface area contributed by atoms with Crippen molar-refractivity contribution in [1.29, 1.82) is 0 Å². The summed E-state index contributed by atoms with van der Waals surface area (Å²) in [6.07, 6.45) is 3.94. The van der Waals surface area contributed by atoms with Gasteiger partial charge in [0, 0.05) is 0 Å². The minimum Gasteiger partial charge on any atom is -0.214 e. The largest absolute Gasteiger partial charge is 0.240 e. The summed E-state index contributed by atoms with van der Waals surface area (Å²) in [7, 11) is 0. The molecule has 0 aliphatic rings. The summed E-state index contributed by atoms with van der Waals surface area (Å²) in [5.41, 5.74) is 3.70. The van der Waals surface area contributed by atoms with Gasteiger partial charge in [-0.1, -0.05) is 25.1 Å². The van der Waals surface area contributed by atoms with Crippen LogP contribution in [-0.4, -0.2) is 18.2 Å². The average Bonchev–Trinajstić information content (AvgIpc) is 2.70. The average molecular weight is 402 g/mol. The lowest BCUT2D eigenvalue weighted by atomic mass is 9.89. The smallest absolute Gasteiger partial charge is 0.214 e. The van der Waals surface area contributed by atoms with E-state index < -0.39 is 11.1 Å². The van der Waals surface area contributed by atoms with E-state index in [0.29, 0.717) is 17.8 Å². The van der Waals surface area contributed by atoms with E-state index in [9.17, 15) is 9.59 Å². The molecular formula is C24H26N4O2. The fraction of sp³-hybridized carbons (Fsp3) is 0.375. The lowest BCUT2D eigenvalue weighted by Crippen LogP contribution is -2.17. The molecule has 2 aromatic rings. The van der Waals surface area contributed by atoms with Gasteiger partial charge in [0.25, 0.3) is 0 Å². The van der Waals surface area contributed by atoms with Crippen molar-refractivity contribution >= 4 is 29.5 Å². The van der Waals surface area contributed by atoms with Crippen LogP contribution in [0.25, 0.3) is 0 Å². The molecule has 0 aliphatic carbocycles. The lowest BCUT2D eigenvalue weighted by Gasteiger charge is -2.23. The van der Waals surface area contributed by atoms with Crippen molar-refractivity contribution in [3.05, 3.63) is 58.7 Å². The van der Waals surface area contributed by atoms with E-state index in [-0.39, 0.29) is 0 Å². The highest BCUT2D eigenvalue weighted by Crippen LogP contribution is 2.33. The van der Waals surface area contributed by atoms with Crippen LogP contribution in [0.5, 0.6) is 0 Å². The molecule has 154 valence electrons. The second-order valence-corrected chi connectivity index (χ2v) is 7.92. The standard InChI is InChI=1S/C24H26N4O2/c1-7-24(6,19-10-8-18(3)22(12-19)26-15-29)27-14-25-20-11-9-17(2)21(13-20)23(4,5)28-16-30/h8-13H,7H2,1-6H3. The minimum absolute atomic E-state index is 0.570. The Labute approximate surface area is 177 Å². The molecule has 0 bridgehead atoms. The first-order valence-corrected chi connectivity index (χ1v) is 9.73. The maximum atomic E-state index is 10.8. The first kappa shape index (κ1) is 22.9. The van der Waals surface area contributed by atoms with Crippen LogP contribution in [0.3, 0.4) is 0 Å². The van der Waals surface area contributed by atoms with E-state index in [0.717, 1.165) is 22.3 Å². The molecular weight excluding hydrogens is 376 g/mol. The summed E-state index contributed by atoms with van der Waals surface area (Å²) in [4.78, 5) is 38.1. The van der Waals surface area contributed by atoms with Gasteiger partial charge < -0.3 is 0 Å². The molecule has 0 saturated heterocycles. The maximum Gasteiger partial charge on any atom is 0.240 e. The van der Waals surface area contributed by atoms with Gasteiger partial charge in [-0.3, -0.25) is 0 Å². The summed E-state index contributed by atoms with van der Waals surface area (Å²) < 4.78 is 0. The van der Waals surface area contributed by atoms with Gasteiger partial charge >= 0.3 is 0 Å². The van der Waals surface area contributed by atoms with Crippen LogP contribution in [0.15, 0.2) is 56.4 Å². The highest BCUT2D eigenvalue weighted by Gasteiger charge is 2.24. The Bertz CT molecular complexity index is 1100. The predicted octanol–water partition coefficient (Wildman–Crippen LogP) is 5.97. The number of isocyanates is 2. The Hall–Kier alpha value is -3.42. The first-order valence-electron chi connectivity index (χ1n) is 9.73. The minimum atomic E-state index is -0.691. The van der Waals surface area contributed by atoms with Crippen LogP contribution in [0.2, 0.25) is 0 Å². The molecule has 0 aliphatic heterocycles. The third-order valence-electron chi connectivity index (χ3n) is 5.37. The zero-order valence-electron chi connectivity index (χ0n) is 18.3. The van der Waals surface area contributed by atoms with Crippen LogP contribution in [0.1, 0.15) is 56.4 Å². The first-order chi connectivity index (χ1) is 14.2. The molecule has 6 heteroatoms. The summed E-state index contributed by atoms with van der Waals surface area (Å²) in [6.45, 7) is 11.6. The molecule has 30 heavy (non-hydrogen) atoms. The summed E-state index contributed by atoms with van der Waals surface area (Å²) in [5.74, 6) is 0. The van der Waals surface area contributed by atoms with Gasteiger partial charge in [0.1, 0.15) is 0 Å². The van der Waals surface area contributed by atoms with Crippen LogP contribution in [0, 0.1) is 13.8 Å². The SMILES string of the molecule is CCC(C)(N=C=Nc1ccc(C)c(C(C)(C)N=C=O)c1)c1ccc(C)c(N=C=O)c1. The molecule has 0 heterocycles. The van der Waals surface area contributed by atoms with Gasteiger partial charge in [-0.2, -0.15) is 15.0 Å². The van der Waals surface area contributed by atoms with Crippen LogP contribution < -0.4 is 0 Å². The molecule has 0 amide bonds. The lowest BCUT2D eigenvalue weighted by molar-refractivity contribution is 0.483. The third-order valence-corrected chi connectivity index (χ3v) is 5.37. The van der Waals surface area contributed by atoms with Gasteiger partial charge in [-0.05, 0) is 81.5 Å². The number of benzene rings is 2. The monoisotopic (exact) mass is 402 g/mol. The molecule has 0 aromatic heterocycles. The zero-order valence-corrected chi connectivity index (χ0v) is 18.3. The van der Waals surface area contributed by atoms with Crippen molar-refractivity contribution in [2.45, 2.75) is 59.0 Å². The zero-order chi connectivity index (χ0) is 22.4. The normalized spacial score (nSPS) is 12.6. The molecule has 0 spiro atoms. The summed E-state index contributed by atoms with van der Waals surface area (Å²) in [6, 6.07) is 14.2. The Balaban J connectivity index is 2.45. The Morgan fingerprint density at radius 2 is 1.57 bits per heavy atom. The molecule has 2 rings (SSSR count). The van der Waals surface area contributed by atoms with Crippen molar-refractivity contribution in [1.82, 2.24) is 0 Å². The van der Waals surface area contributed by atoms with Gasteiger partial charge in [0.15, 0.2) is 0 Å². The summed E-state index contributed by atoms with van der Waals surface area (Å²) >= 11 is 0. The molecule has 2 aromatic carbocycles. The highest BCUT2D eigenvalue weighted by molar-refractivity contribution is 5.58. The van der Waals surface area contributed by atoms with E-state index in [1.54, 1.807) is 12.2 Å². The number of hydrogen-bond donors (Lipinski definition) is 0. The van der Waals surface area contributed by atoms with Gasteiger partial charge in [0.2, 0.25) is 12.2 Å².